The van der Waals surface area contributed by atoms with Crippen LogP contribution in [0, 0.1) is 0 Å². The number of ether oxygens (including phenoxy) is 2. The number of hydrogen-bond acceptors (Lipinski definition) is 9. The molecule has 14 heteroatoms. The third kappa shape index (κ3) is 13.7. The van der Waals surface area contributed by atoms with E-state index in [9.17, 15) is 27.4 Å². The topological polar surface area (TPSA) is 166 Å². The zero-order valence-corrected chi connectivity index (χ0v) is 32.2. The fraction of sp³-hybridized carbons (Fsp3) is 0.432. The van der Waals surface area contributed by atoms with Gasteiger partial charge in [0.2, 0.25) is 10.6 Å². The minimum absolute atomic E-state index is 0.00828. The first kappa shape index (κ1) is 43.3. The molecule has 1 heterocycles. The fourth-order valence-electron chi connectivity index (χ4n) is 4.78. The maximum absolute atomic E-state index is 11.9. The molecule has 0 fully saturated rings. The van der Waals surface area contributed by atoms with Gasteiger partial charge in [-0.3, -0.25) is 9.54 Å². The maximum atomic E-state index is 11.9. The number of hydrogen-bond donors (Lipinski definition) is 2. The Labute approximate surface area is 309 Å². The lowest BCUT2D eigenvalue weighted by Crippen LogP contribution is -2.14. The van der Waals surface area contributed by atoms with Gasteiger partial charge in [0, 0.05) is 0 Å². The summed E-state index contributed by atoms with van der Waals surface area (Å²) in [5, 5.41) is 1.81. The van der Waals surface area contributed by atoms with Crippen LogP contribution in [0.15, 0.2) is 64.3 Å². The van der Waals surface area contributed by atoms with Gasteiger partial charge in [-0.25, -0.2) is 14.4 Å². The number of benzene rings is 3. The molecule has 0 aliphatic carbocycles. The summed E-state index contributed by atoms with van der Waals surface area (Å²) in [6.45, 7) is 13.2. The number of rotatable bonds is 13. The molecule has 0 bridgehead atoms. The first-order valence-electron chi connectivity index (χ1n) is 16.9. The van der Waals surface area contributed by atoms with E-state index in [4.69, 9.17) is 32.7 Å². The van der Waals surface area contributed by atoms with Crippen LogP contribution in [-0.2, 0) is 19.6 Å². The predicted octanol–water partition coefficient (Wildman–Crippen LogP) is 9.19. The number of halogens is 2. The van der Waals surface area contributed by atoms with Crippen molar-refractivity contribution in [3.8, 4) is 0 Å². The van der Waals surface area contributed by atoms with Crippen molar-refractivity contribution in [1.29, 1.82) is 0 Å². The normalized spacial score (nSPS) is 12.1. The molecule has 2 unspecified atom stereocenters. The Morgan fingerprint density at radius 3 is 1.76 bits per heavy atom. The molecule has 0 aliphatic heterocycles. The number of carbonyl (C=O) groups is 2. The number of nitrogens with zero attached hydrogens (tertiary/aromatic N) is 2. The summed E-state index contributed by atoms with van der Waals surface area (Å²) < 4.78 is 43.1. The summed E-state index contributed by atoms with van der Waals surface area (Å²) in [7, 11) is -4.21. The number of fused-ring (bicyclic) bond motifs is 1. The quantitative estimate of drug-likeness (QED) is 0.0762. The van der Waals surface area contributed by atoms with Gasteiger partial charge < -0.3 is 9.47 Å². The van der Waals surface area contributed by atoms with Crippen LogP contribution in [0.2, 0.25) is 10.6 Å². The van der Waals surface area contributed by atoms with Crippen LogP contribution < -0.4 is 5.69 Å². The van der Waals surface area contributed by atoms with E-state index < -0.39 is 27.7 Å². The fourth-order valence-corrected chi connectivity index (χ4v) is 5.69. The number of unbranched alkanes of at least 4 members (excludes halogenated alkanes) is 2. The summed E-state index contributed by atoms with van der Waals surface area (Å²) in [6, 6.07) is 15.9. The smallest absolute Gasteiger partial charge is 0.350 e. The Morgan fingerprint density at radius 2 is 1.31 bits per heavy atom. The summed E-state index contributed by atoms with van der Waals surface area (Å²) in [5.41, 5.74) is 2.06. The van der Waals surface area contributed by atoms with E-state index in [2.05, 4.69) is 42.6 Å². The lowest BCUT2D eigenvalue weighted by atomic mass is 9.88. The first-order chi connectivity index (χ1) is 24.2. The molecular formula is C37H47Cl2N3O8S. The van der Waals surface area contributed by atoms with E-state index in [0.29, 0.717) is 19.1 Å². The van der Waals surface area contributed by atoms with Gasteiger partial charge in [0.25, 0.3) is 10.1 Å². The molecule has 0 saturated heterocycles. The van der Waals surface area contributed by atoms with Crippen LogP contribution in [0.1, 0.15) is 124 Å². The summed E-state index contributed by atoms with van der Waals surface area (Å²) in [4.78, 5) is 42.9. The van der Waals surface area contributed by atoms with Gasteiger partial charge in [-0.1, -0.05) is 84.7 Å². The molecule has 0 spiro atoms. The number of H-pyrrole nitrogens is 1. The van der Waals surface area contributed by atoms with Crippen LogP contribution in [0.5, 0.6) is 0 Å². The Balaban J connectivity index is 0.000000286. The van der Waals surface area contributed by atoms with Gasteiger partial charge in [-0.05, 0) is 107 Å². The van der Waals surface area contributed by atoms with Crippen molar-refractivity contribution in [3.05, 3.63) is 97.9 Å². The second-order valence-corrected chi connectivity index (χ2v) is 13.9. The van der Waals surface area contributed by atoms with Crippen molar-refractivity contribution >= 4 is 56.0 Å². The largest absolute Gasteiger partial charge is 0.462 e. The van der Waals surface area contributed by atoms with Crippen LogP contribution in [-0.4, -0.2) is 53.1 Å². The van der Waals surface area contributed by atoms with Gasteiger partial charge in [0.15, 0.2) is 0 Å². The zero-order valence-electron chi connectivity index (χ0n) is 29.9. The number of aromatic amines is 1. The highest BCUT2D eigenvalue weighted by Gasteiger charge is 2.20. The molecule has 11 nitrogen and oxygen atoms in total. The highest BCUT2D eigenvalue weighted by molar-refractivity contribution is 7.85. The van der Waals surface area contributed by atoms with Crippen LogP contribution >= 0.6 is 23.2 Å². The number of aromatic nitrogens is 3. The monoisotopic (exact) mass is 763 g/mol. The maximum Gasteiger partial charge on any atom is 0.350 e. The van der Waals surface area contributed by atoms with Crippen molar-refractivity contribution in [2.24, 2.45) is 0 Å². The minimum atomic E-state index is -4.21. The highest BCUT2D eigenvalue weighted by atomic mass is 35.5. The van der Waals surface area contributed by atoms with Crippen molar-refractivity contribution in [3.63, 3.8) is 0 Å². The van der Waals surface area contributed by atoms with E-state index >= 15 is 0 Å². The second-order valence-electron chi connectivity index (χ2n) is 11.8. The van der Waals surface area contributed by atoms with E-state index in [0.717, 1.165) is 60.4 Å². The summed E-state index contributed by atoms with van der Waals surface area (Å²) in [5.74, 6) is -0.371. The highest BCUT2D eigenvalue weighted by Crippen LogP contribution is 2.35. The lowest BCUT2D eigenvalue weighted by molar-refractivity contribution is 0.0452. The summed E-state index contributed by atoms with van der Waals surface area (Å²) in [6.07, 6.45) is 5.43. The molecule has 0 radical (unpaired) electrons. The van der Waals surface area contributed by atoms with Gasteiger partial charge in [0.05, 0.1) is 29.2 Å². The molecule has 2 N–H and O–H groups in total. The van der Waals surface area contributed by atoms with Crippen molar-refractivity contribution < 1.29 is 32.0 Å². The van der Waals surface area contributed by atoms with Crippen LogP contribution in [0.25, 0.3) is 10.8 Å². The number of esters is 2. The van der Waals surface area contributed by atoms with Gasteiger partial charge in [0.1, 0.15) is 0 Å². The molecule has 0 amide bonds. The van der Waals surface area contributed by atoms with E-state index in [1.54, 1.807) is 36.4 Å². The van der Waals surface area contributed by atoms with E-state index in [-0.39, 0.29) is 32.5 Å². The van der Waals surface area contributed by atoms with Gasteiger partial charge >= 0.3 is 17.6 Å². The molecule has 1 aromatic heterocycles. The third-order valence-corrected chi connectivity index (χ3v) is 9.22. The third-order valence-electron chi connectivity index (χ3n) is 8.04. The molecule has 2 atom stereocenters. The van der Waals surface area contributed by atoms with Crippen molar-refractivity contribution in [2.45, 2.75) is 96.8 Å². The Kier molecular flexibility index (Phi) is 18.3. The summed E-state index contributed by atoms with van der Waals surface area (Å²) >= 11 is 10.5. The average Bonchev–Trinajstić information content (AvgIpc) is 3.09. The van der Waals surface area contributed by atoms with E-state index in [1.165, 1.54) is 0 Å². The Hall–Kier alpha value is -3.84. The first-order valence-corrected chi connectivity index (χ1v) is 19.1. The number of nitrogens with one attached hydrogen (secondary N) is 1. The predicted molar refractivity (Wildman–Crippen MR) is 201 cm³/mol. The van der Waals surface area contributed by atoms with Crippen LogP contribution in [0.4, 0.5) is 0 Å². The molecule has 0 saturated carbocycles. The van der Waals surface area contributed by atoms with Gasteiger partial charge in [-0.2, -0.15) is 18.4 Å². The molecule has 4 aromatic rings. The van der Waals surface area contributed by atoms with Gasteiger partial charge in [-0.15, -0.1) is 0 Å². The second kappa shape index (κ2) is 21.5. The molecule has 51 heavy (non-hydrogen) atoms. The van der Waals surface area contributed by atoms with E-state index in [1.807, 2.05) is 32.0 Å². The molecule has 278 valence electrons. The molecule has 0 aliphatic rings. The zero-order chi connectivity index (χ0) is 38.1. The standard InChI is InChI=1S/C18H24O3S.C16H22O4.C3HCl2N3O/c1-5-12(3)15-8-7-9-16-17(13(4)6-2)10-14(11-18(15)16)22(19,20)21;1-3-5-11-19-15(17)13-9-7-8-10-14(13)16(18)20-12-6-4-2;4-1-6-2(5)8-3(9)7-1/h7-13H,5-6H2,1-4H3,(H,19,20,21);7-10H,3-6,11-12H2,1-2H3;(H,6,7,8,9). The molecule has 3 aromatic carbocycles. The number of carbonyl (C=O) groups excluding carboxylic acids is 2. The molecular weight excluding hydrogens is 717 g/mol. The Morgan fingerprint density at radius 1 is 0.784 bits per heavy atom. The lowest BCUT2D eigenvalue weighted by Gasteiger charge is -2.18. The average molecular weight is 765 g/mol. The van der Waals surface area contributed by atoms with Crippen molar-refractivity contribution in [1.82, 2.24) is 15.0 Å². The van der Waals surface area contributed by atoms with Crippen LogP contribution in [0.3, 0.4) is 0 Å². The SMILES string of the molecule is CCC(C)c1cc(S(=O)(=O)O)cc2c(C(C)CC)cccc12.CCCCOC(=O)c1ccccc1C(=O)OCCCC.O=c1nc(Cl)nc(Cl)[nH]1. The Bertz CT molecular complexity index is 1850. The molecule has 4 rings (SSSR count). The minimum Gasteiger partial charge on any atom is -0.462 e. The van der Waals surface area contributed by atoms with Crippen molar-refractivity contribution in [2.75, 3.05) is 13.2 Å².